The molecule has 0 nitrogen and oxygen atoms in total. The van der Waals surface area contributed by atoms with Gasteiger partial charge in [-0.3, -0.25) is 0 Å². The zero-order valence-electron chi connectivity index (χ0n) is 7.07. The summed E-state index contributed by atoms with van der Waals surface area (Å²) in [5, 5.41) is 0.405. The van der Waals surface area contributed by atoms with Gasteiger partial charge < -0.3 is 2.85 Å². The summed E-state index contributed by atoms with van der Waals surface area (Å²) in [5.41, 5.74) is 0. The van der Waals surface area contributed by atoms with Gasteiger partial charge in [0.25, 0.3) is 0 Å². The molecule has 0 radical (unpaired) electrons. The Kier molecular flexibility index (Phi) is 4.85. The second-order valence-corrected chi connectivity index (χ2v) is 2.94. The SMILES string of the molecule is Fc1cc(Cl)cc(Br)c1.[H-].[H-].[Mg+2]. The molecule has 0 bridgehead atoms. The molecule has 1 aromatic carbocycles. The summed E-state index contributed by atoms with van der Waals surface area (Å²) in [6.45, 7) is 0. The van der Waals surface area contributed by atoms with Crippen LogP contribution in [0.1, 0.15) is 2.85 Å². The van der Waals surface area contributed by atoms with Gasteiger partial charge in [0.15, 0.2) is 0 Å². The van der Waals surface area contributed by atoms with Gasteiger partial charge in [-0.05, 0) is 18.2 Å². The van der Waals surface area contributed by atoms with Gasteiger partial charge >= 0.3 is 23.1 Å². The molecule has 0 aliphatic heterocycles. The third-order valence-corrected chi connectivity index (χ3v) is 1.50. The summed E-state index contributed by atoms with van der Waals surface area (Å²) >= 11 is 8.57. The molecule has 0 atom stereocenters. The molecule has 0 aliphatic carbocycles. The largest absolute Gasteiger partial charge is 2.00 e. The fourth-order valence-electron chi connectivity index (χ4n) is 0.520. The fraction of sp³-hybridized carbons (Fsp3) is 0. The molecule has 0 N–H and O–H groups in total. The number of rotatable bonds is 0. The van der Waals surface area contributed by atoms with E-state index < -0.39 is 0 Å². The van der Waals surface area contributed by atoms with Crippen molar-refractivity contribution in [1.29, 1.82) is 0 Å². The smallest absolute Gasteiger partial charge is 1.00 e. The van der Waals surface area contributed by atoms with Crippen LogP contribution in [0.2, 0.25) is 5.02 Å². The zero-order chi connectivity index (χ0) is 6.85. The van der Waals surface area contributed by atoms with Gasteiger partial charge in [-0.25, -0.2) is 4.39 Å². The zero-order valence-corrected chi connectivity index (χ0v) is 8.83. The van der Waals surface area contributed by atoms with Gasteiger partial charge in [0.05, 0.1) is 0 Å². The average molecular weight is 236 g/mol. The first-order valence-corrected chi connectivity index (χ1v) is 3.47. The van der Waals surface area contributed by atoms with E-state index in [2.05, 4.69) is 15.9 Å². The van der Waals surface area contributed by atoms with Crippen LogP contribution >= 0.6 is 27.5 Å². The van der Waals surface area contributed by atoms with Crippen molar-refractivity contribution in [1.82, 2.24) is 0 Å². The van der Waals surface area contributed by atoms with E-state index in [9.17, 15) is 4.39 Å². The van der Waals surface area contributed by atoms with Crippen LogP contribution in [0.4, 0.5) is 4.39 Å². The number of benzene rings is 1. The molecule has 1 aromatic rings. The van der Waals surface area contributed by atoms with Crippen molar-refractivity contribution in [2.75, 3.05) is 0 Å². The van der Waals surface area contributed by atoms with E-state index in [4.69, 9.17) is 11.6 Å². The quantitative estimate of drug-likeness (QED) is 0.607. The summed E-state index contributed by atoms with van der Waals surface area (Å²) in [6, 6.07) is 4.24. The summed E-state index contributed by atoms with van der Waals surface area (Å²) in [6.07, 6.45) is 0. The van der Waals surface area contributed by atoms with E-state index in [1.807, 2.05) is 0 Å². The standard InChI is InChI=1S/C6H3BrClF.Mg.2H/c7-4-1-5(8)3-6(9)2-4;;;/h1-3H;;;/q;+2;2*-1. The maximum atomic E-state index is 12.3. The molecule has 0 aromatic heterocycles. The molecule has 0 spiro atoms. The van der Waals surface area contributed by atoms with E-state index in [-0.39, 0.29) is 31.7 Å². The molecule has 0 heterocycles. The monoisotopic (exact) mass is 234 g/mol. The van der Waals surface area contributed by atoms with Crippen molar-refractivity contribution in [2.45, 2.75) is 0 Å². The van der Waals surface area contributed by atoms with Gasteiger partial charge in [-0.1, -0.05) is 27.5 Å². The Morgan fingerprint density at radius 1 is 1.40 bits per heavy atom. The van der Waals surface area contributed by atoms with E-state index in [1.165, 1.54) is 12.1 Å². The number of halogens is 3. The van der Waals surface area contributed by atoms with Crippen LogP contribution < -0.4 is 0 Å². The molecule has 0 unspecified atom stereocenters. The van der Waals surface area contributed by atoms with Crippen molar-refractivity contribution in [3.8, 4) is 0 Å². The van der Waals surface area contributed by atoms with E-state index >= 15 is 0 Å². The summed E-state index contributed by atoms with van der Waals surface area (Å²) in [7, 11) is 0. The average Bonchev–Trinajstić information content (AvgIpc) is 1.59. The Hall–Kier alpha value is 0.686. The van der Waals surface area contributed by atoms with Gasteiger partial charge in [0.2, 0.25) is 0 Å². The minimum atomic E-state index is -0.325. The molecular formula is C6H5BrClFMg. The number of hydrogen-bond donors (Lipinski definition) is 0. The minimum absolute atomic E-state index is 0. The van der Waals surface area contributed by atoms with Crippen LogP contribution in [0, 0.1) is 5.82 Å². The molecule has 0 amide bonds. The Labute approximate surface area is 91.0 Å². The third-order valence-electron chi connectivity index (χ3n) is 0.827. The van der Waals surface area contributed by atoms with Gasteiger partial charge in [-0.15, -0.1) is 0 Å². The maximum absolute atomic E-state index is 12.3. The molecule has 52 valence electrons. The fourth-order valence-corrected chi connectivity index (χ4v) is 1.34. The Morgan fingerprint density at radius 2 is 2.00 bits per heavy atom. The van der Waals surface area contributed by atoms with Gasteiger partial charge in [0.1, 0.15) is 5.82 Å². The molecule has 4 heteroatoms. The maximum Gasteiger partial charge on any atom is 2.00 e. The van der Waals surface area contributed by atoms with E-state index in [1.54, 1.807) is 6.07 Å². The van der Waals surface area contributed by atoms with Gasteiger partial charge in [0, 0.05) is 9.50 Å². The molecule has 0 aliphatic rings. The minimum Gasteiger partial charge on any atom is -1.00 e. The van der Waals surface area contributed by atoms with Crippen molar-refractivity contribution >= 4 is 50.6 Å². The Balaban J connectivity index is -0.000000270. The first-order chi connectivity index (χ1) is 4.18. The normalized spacial score (nSPS) is 8.70. The first-order valence-electron chi connectivity index (χ1n) is 2.30. The van der Waals surface area contributed by atoms with Crippen molar-refractivity contribution < 1.29 is 7.24 Å². The van der Waals surface area contributed by atoms with Crippen LogP contribution in [0.15, 0.2) is 22.7 Å². The molecular weight excluding hydrogens is 231 g/mol. The predicted octanol–water partition coefficient (Wildman–Crippen LogP) is 3.09. The molecule has 10 heavy (non-hydrogen) atoms. The molecule has 0 fully saturated rings. The summed E-state index contributed by atoms with van der Waals surface area (Å²) < 4.78 is 13.0. The Bertz CT molecular complexity index is 186. The second kappa shape index (κ2) is 4.54. The summed E-state index contributed by atoms with van der Waals surface area (Å²) in [5.74, 6) is -0.325. The van der Waals surface area contributed by atoms with E-state index in [0.29, 0.717) is 9.50 Å². The van der Waals surface area contributed by atoms with Crippen LogP contribution in [-0.2, 0) is 0 Å². The topological polar surface area (TPSA) is 0 Å². The molecule has 0 saturated carbocycles. The van der Waals surface area contributed by atoms with Crippen molar-refractivity contribution in [3.63, 3.8) is 0 Å². The van der Waals surface area contributed by atoms with E-state index in [0.717, 1.165) is 0 Å². The molecule has 1 rings (SSSR count). The number of hydrogen-bond acceptors (Lipinski definition) is 0. The summed E-state index contributed by atoms with van der Waals surface area (Å²) in [4.78, 5) is 0. The first kappa shape index (κ1) is 10.7. The Morgan fingerprint density at radius 3 is 2.40 bits per heavy atom. The predicted molar refractivity (Wildman–Crippen MR) is 47.1 cm³/mol. The van der Waals surface area contributed by atoms with Crippen LogP contribution in [0.5, 0.6) is 0 Å². The van der Waals surface area contributed by atoms with Crippen LogP contribution in [0.25, 0.3) is 0 Å². The second-order valence-electron chi connectivity index (χ2n) is 1.59. The molecule has 0 saturated heterocycles. The van der Waals surface area contributed by atoms with Crippen LogP contribution in [-0.4, -0.2) is 23.1 Å². The van der Waals surface area contributed by atoms with Crippen molar-refractivity contribution in [3.05, 3.63) is 33.5 Å². The van der Waals surface area contributed by atoms with Crippen molar-refractivity contribution in [2.24, 2.45) is 0 Å². The van der Waals surface area contributed by atoms with Gasteiger partial charge in [-0.2, -0.15) is 0 Å². The third kappa shape index (κ3) is 3.19. The van der Waals surface area contributed by atoms with Crippen LogP contribution in [0.3, 0.4) is 0 Å².